The summed E-state index contributed by atoms with van der Waals surface area (Å²) < 4.78 is 5.43. The van der Waals surface area contributed by atoms with Gasteiger partial charge in [0.1, 0.15) is 5.75 Å². The fraction of sp³-hybridized carbons (Fsp3) is 0.222. The van der Waals surface area contributed by atoms with Gasteiger partial charge in [-0.2, -0.15) is 0 Å². The van der Waals surface area contributed by atoms with Gasteiger partial charge < -0.3 is 15.3 Å². The van der Waals surface area contributed by atoms with Crippen molar-refractivity contribution in [3.8, 4) is 5.75 Å². The van der Waals surface area contributed by atoms with E-state index >= 15 is 0 Å². The Bertz CT molecular complexity index is 739. The van der Waals surface area contributed by atoms with Gasteiger partial charge in [0, 0.05) is 5.56 Å². The molecule has 2 rings (SSSR count). The number of rotatable bonds is 5. The standard InChI is InChI=1S/C18H20N2O3/c1-12-5-4-6-15(10-12)18(19)20-23-17(21)11-22-16-8-7-13(2)9-14(16)3/h4-10H,11H2,1-3H3,(H2,19,20). The van der Waals surface area contributed by atoms with Crippen LogP contribution in [-0.4, -0.2) is 18.4 Å². The van der Waals surface area contributed by atoms with Gasteiger partial charge in [-0.1, -0.05) is 46.6 Å². The Hall–Kier alpha value is -2.82. The van der Waals surface area contributed by atoms with Crippen LogP contribution in [0.4, 0.5) is 0 Å². The van der Waals surface area contributed by atoms with Crippen LogP contribution in [0.25, 0.3) is 0 Å². The third kappa shape index (κ3) is 4.85. The summed E-state index contributed by atoms with van der Waals surface area (Å²) in [5, 5.41) is 3.65. The van der Waals surface area contributed by atoms with Crippen LogP contribution >= 0.6 is 0 Å². The van der Waals surface area contributed by atoms with E-state index in [-0.39, 0.29) is 12.4 Å². The highest BCUT2D eigenvalue weighted by molar-refractivity contribution is 5.97. The normalized spacial score (nSPS) is 11.2. The van der Waals surface area contributed by atoms with E-state index in [4.69, 9.17) is 15.3 Å². The van der Waals surface area contributed by atoms with Crippen molar-refractivity contribution in [3.05, 3.63) is 64.7 Å². The highest BCUT2D eigenvalue weighted by Crippen LogP contribution is 2.18. The van der Waals surface area contributed by atoms with E-state index in [2.05, 4.69) is 5.16 Å². The molecule has 0 bridgehead atoms. The number of oxime groups is 1. The predicted octanol–water partition coefficient (Wildman–Crippen LogP) is 2.85. The molecule has 0 saturated heterocycles. The molecule has 120 valence electrons. The van der Waals surface area contributed by atoms with Crippen molar-refractivity contribution in [2.75, 3.05) is 6.61 Å². The van der Waals surface area contributed by atoms with Gasteiger partial charge in [0.15, 0.2) is 12.4 Å². The summed E-state index contributed by atoms with van der Waals surface area (Å²) in [5.41, 5.74) is 9.63. The molecule has 2 aromatic rings. The molecule has 0 aromatic heterocycles. The second-order valence-corrected chi connectivity index (χ2v) is 5.37. The van der Waals surface area contributed by atoms with E-state index in [1.54, 1.807) is 6.07 Å². The lowest BCUT2D eigenvalue weighted by Crippen LogP contribution is -2.18. The second-order valence-electron chi connectivity index (χ2n) is 5.37. The van der Waals surface area contributed by atoms with Gasteiger partial charge in [-0.15, -0.1) is 0 Å². The molecule has 0 aliphatic rings. The van der Waals surface area contributed by atoms with Gasteiger partial charge in [0.2, 0.25) is 0 Å². The average molecular weight is 312 g/mol. The second kappa shape index (κ2) is 7.45. The fourth-order valence-corrected chi connectivity index (χ4v) is 2.08. The molecule has 0 heterocycles. The lowest BCUT2D eigenvalue weighted by molar-refractivity contribution is -0.146. The van der Waals surface area contributed by atoms with Gasteiger partial charge in [-0.3, -0.25) is 0 Å². The molecular formula is C18H20N2O3. The SMILES string of the molecule is Cc1cccc(/C(N)=N\OC(=O)COc2ccc(C)cc2C)c1. The number of carbonyl (C=O) groups excluding carboxylic acids is 1. The zero-order valence-corrected chi connectivity index (χ0v) is 13.5. The Morgan fingerprint density at radius 2 is 1.83 bits per heavy atom. The number of hydrogen-bond donors (Lipinski definition) is 1. The molecule has 2 aromatic carbocycles. The molecule has 0 aliphatic carbocycles. The van der Waals surface area contributed by atoms with E-state index < -0.39 is 5.97 Å². The first-order chi connectivity index (χ1) is 11.0. The number of benzene rings is 2. The van der Waals surface area contributed by atoms with Gasteiger partial charge in [0.05, 0.1) is 0 Å². The van der Waals surface area contributed by atoms with Crippen molar-refractivity contribution in [1.29, 1.82) is 0 Å². The summed E-state index contributed by atoms with van der Waals surface area (Å²) in [7, 11) is 0. The lowest BCUT2D eigenvalue weighted by Gasteiger charge is -2.08. The van der Waals surface area contributed by atoms with Crippen LogP contribution in [0.15, 0.2) is 47.6 Å². The van der Waals surface area contributed by atoms with Gasteiger partial charge >= 0.3 is 5.97 Å². The first kappa shape index (κ1) is 16.5. The fourth-order valence-electron chi connectivity index (χ4n) is 2.08. The maximum absolute atomic E-state index is 11.7. The summed E-state index contributed by atoms with van der Waals surface area (Å²) in [5.74, 6) is 0.178. The number of hydrogen-bond acceptors (Lipinski definition) is 4. The van der Waals surface area contributed by atoms with E-state index in [0.717, 1.165) is 16.7 Å². The molecule has 0 aliphatic heterocycles. The highest BCUT2D eigenvalue weighted by atomic mass is 16.7. The molecule has 0 unspecified atom stereocenters. The lowest BCUT2D eigenvalue weighted by atomic mass is 10.1. The molecule has 0 fully saturated rings. The molecule has 0 spiro atoms. The topological polar surface area (TPSA) is 73.9 Å². The van der Waals surface area contributed by atoms with E-state index in [0.29, 0.717) is 11.3 Å². The summed E-state index contributed by atoms with van der Waals surface area (Å²) in [6.07, 6.45) is 0. The molecule has 0 saturated carbocycles. The smallest absolute Gasteiger partial charge is 0.372 e. The Kier molecular flexibility index (Phi) is 5.36. The van der Waals surface area contributed by atoms with Crippen LogP contribution in [0.1, 0.15) is 22.3 Å². The molecule has 0 radical (unpaired) electrons. The van der Waals surface area contributed by atoms with Crippen LogP contribution in [-0.2, 0) is 9.63 Å². The minimum atomic E-state index is -0.611. The molecule has 23 heavy (non-hydrogen) atoms. The van der Waals surface area contributed by atoms with E-state index in [1.165, 1.54) is 0 Å². The first-order valence-electron chi connectivity index (χ1n) is 7.26. The summed E-state index contributed by atoms with van der Waals surface area (Å²) >= 11 is 0. The number of nitrogens with two attached hydrogens (primary N) is 1. The Morgan fingerprint density at radius 1 is 1.09 bits per heavy atom. The quantitative estimate of drug-likeness (QED) is 0.399. The first-order valence-corrected chi connectivity index (χ1v) is 7.26. The molecule has 2 N–H and O–H groups in total. The minimum absolute atomic E-state index is 0.147. The maximum atomic E-state index is 11.7. The van der Waals surface area contributed by atoms with Crippen LogP contribution in [0.2, 0.25) is 0 Å². The maximum Gasteiger partial charge on any atom is 0.372 e. The van der Waals surface area contributed by atoms with Crippen molar-refractivity contribution in [1.82, 2.24) is 0 Å². The van der Waals surface area contributed by atoms with Crippen molar-refractivity contribution < 1.29 is 14.4 Å². The zero-order valence-electron chi connectivity index (χ0n) is 13.5. The van der Waals surface area contributed by atoms with Gasteiger partial charge in [0.25, 0.3) is 0 Å². The number of aryl methyl sites for hydroxylation is 3. The summed E-state index contributed by atoms with van der Waals surface area (Å²) in [6.45, 7) is 5.63. The monoisotopic (exact) mass is 312 g/mol. The Balaban J connectivity index is 1.90. The Morgan fingerprint density at radius 3 is 2.52 bits per heavy atom. The number of ether oxygens (including phenoxy) is 1. The Labute approximate surface area is 135 Å². The number of amidine groups is 1. The average Bonchev–Trinajstić information content (AvgIpc) is 2.51. The molecule has 0 amide bonds. The van der Waals surface area contributed by atoms with E-state index in [1.807, 2.05) is 57.2 Å². The molecule has 5 heteroatoms. The van der Waals surface area contributed by atoms with Crippen molar-refractivity contribution >= 4 is 11.8 Å². The van der Waals surface area contributed by atoms with Crippen molar-refractivity contribution in [2.24, 2.45) is 10.9 Å². The third-order valence-corrected chi connectivity index (χ3v) is 3.24. The number of nitrogens with zero attached hydrogens (tertiary/aromatic N) is 1. The minimum Gasteiger partial charge on any atom is -0.482 e. The zero-order chi connectivity index (χ0) is 16.8. The highest BCUT2D eigenvalue weighted by Gasteiger charge is 2.07. The van der Waals surface area contributed by atoms with Crippen LogP contribution in [0.5, 0.6) is 5.75 Å². The van der Waals surface area contributed by atoms with Gasteiger partial charge in [-0.25, -0.2) is 4.79 Å². The van der Waals surface area contributed by atoms with Crippen LogP contribution in [0.3, 0.4) is 0 Å². The van der Waals surface area contributed by atoms with Gasteiger partial charge in [-0.05, 0) is 38.5 Å². The predicted molar refractivity (Wildman–Crippen MR) is 89.4 cm³/mol. The molecule has 5 nitrogen and oxygen atoms in total. The number of carbonyl (C=O) groups is 1. The summed E-state index contributed by atoms with van der Waals surface area (Å²) in [4.78, 5) is 16.5. The van der Waals surface area contributed by atoms with E-state index in [9.17, 15) is 4.79 Å². The van der Waals surface area contributed by atoms with Crippen LogP contribution in [0, 0.1) is 20.8 Å². The third-order valence-electron chi connectivity index (χ3n) is 3.24. The van der Waals surface area contributed by atoms with Crippen LogP contribution < -0.4 is 10.5 Å². The molecule has 0 atom stereocenters. The van der Waals surface area contributed by atoms with Crippen molar-refractivity contribution in [3.63, 3.8) is 0 Å². The van der Waals surface area contributed by atoms with Crippen molar-refractivity contribution in [2.45, 2.75) is 20.8 Å². The summed E-state index contributed by atoms with van der Waals surface area (Å²) in [6, 6.07) is 13.2. The largest absolute Gasteiger partial charge is 0.482 e. The molecular weight excluding hydrogens is 292 g/mol.